The van der Waals surface area contributed by atoms with Gasteiger partial charge in [-0.1, -0.05) is 29.8 Å². The summed E-state index contributed by atoms with van der Waals surface area (Å²) in [5, 5.41) is 5.12. The van der Waals surface area contributed by atoms with Gasteiger partial charge in [0, 0.05) is 23.3 Å². The summed E-state index contributed by atoms with van der Waals surface area (Å²) in [5.41, 5.74) is 0.669. The van der Waals surface area contributed by atoms with Gasteiger partial charge in [-0.2, -0.15) is 13.2 Å². The van der Waals surface area contributed by atoms with E-state index in [4.69, 9.17) is 11.6 Å². The molecule has 0 aliphatic carbocycles. The third kappa shape index (κ3) is 5.41. The number of rotatable bonds is 7. The van der Waals surface area contributed by atoms with Crippen molar-refractivity contribution in [2.24, 2.45) is 0 Å². The van der Waals surface area contributed by atoms with E-state index < -0.39 is 34.7 Å². The molecule has 188 valence electrons. The SMILES string of the molecule is C[C@H](Nc1cncc(-c2cn(S(=O)(=O)c3ccccc3)c3ncc(Cl)cc23)n1)C(=O)NCC(F)(F)F. The minimum Gasteiger partial charge on any atom is -0.357 e. The summed E-state index contributed by atoms with van der Waals surface area (Å²) in [6.07, 6.45) is 0.759. The molecule has 0 saturated heterocycles. The molecule has 0 radical (unpaired) electrons. The molecule has 1 aromatic carbocycles. The van der Waals surface area contributed by atoms with E-state index in [0.717, 1.165) is 3.97 Å². The Hall–Kier alpha value is -3.71. The molecule has 3 aromatic heterocycles. The Morgan fingerprint density at radius 1 is 1.17 bits per heavy atom. The molecular weight excluding hydrogens is 521 g/mol. The lowest BCUT2D eigenvalue weighted by molar-refractivity contribution is -0.138. The van der Waals surface area contributed by atoms with E-state index in [-0.39, 0.29) is 27.1 Å². The van der Waals surface area contributed by atoms with Crippen molar-refractivity contribution < 1.29 is 26.4 Å². The van der Waals surface area contributed by atoms with Crippen LogP contribution in [0.3, 0.4) is 0 Å². The third-order valence-electron chi connectivity index (χ3n) is 5.01. The zero-order chi connectivity index (χ0) is 26.1. The standard InChI is InChI=1S/C22H18ClF3N6O3S/c1-13(21(33)29-12-22(24,25)26)30-19-10-27-9-18(31-19)17-11-32(20-16(17)7-14(23)8-28-20)36(34,35)15-5-3-2-4-6-15/h2-11,13H,12H2,1H3,(H,29,33)(H,30,31)/t13-/m0/s1. The number of benzene rings is 1. The molecular formula is C22H18ClF3N6O3S. The maximum absolute atomic E-state index is 13.3. The van der Waals surface area contributed by atoms with E-state index in [1.165, 1.54) is 49.9 Å². The third-order valence-corrected chi connectivity index (χ3v) is 6.88. The highest BCUT2D eigenvalue weighted by atomic mass is 35.5. The number of carbonyl (C=O) groups is 1. The number of amides is 1. The monoisotopic (exact) mass is 538 g/mol. The van der Waals surface area contributed by atoms with Crippen LogP contribution in [0, 0.1) is 0 Å². The minimum atomic E-state index is -4.54. The number of alkyl halides is 3. The predicted molar refractivity (Wildman–Crippen MR) is 127 cm³/mol. The van der Waals surface area contributed by atoms with Crippen molar-refractivity contribution >= 4 is 44.4 Å². The Morgan fingerprint density at radius 2 is 1.89 bits per heavy atom. The van der Waals surface area contributed by atoms with Crippen molar-refractivity contribution in [3.63, 3.8) is 0 Å². The van der Waals surface area contributed by atoms with Gasteiger partial charge in [0.05, 0.1) is 28.0 Å². The molecule has 0 unspecified atom stereocenters. The number of nitrogens with one attached hydrogen (secondary N) is 2. The molecule has 1 atom stereocenters. The number of nitrogens with zero attached hydrogens (tertiary/aromatic N) is 4. The summed E-state index contributed by atoms with van der Waals surface area (Å²) >= 11 is 6.12. The van der Waals surface area contributed by atoms with Gasteiger partial charge in [-0.25, -0.2) is 22.4 Å². The van der Waals surface area contributed by atoms with Gasteiger partial charge in [0.2, 0.25) is 5.91 Å². The first-order chi connectivity index (χ1) is 17.0. The van der Waals surface area contributed by atoms with E-state index in [2.05, 4.69) is 20.3 Å². The Morgan fingerprint density at radius 3 is 2.58 bits per heavy atom. The van der Waals surface area contributed by atoms with Crippen LogP contribution in [0.4, 0.5) is 19.0 Å². The summed E-state index contributed by atoms with van der Waals surface area (Å²) in [6, 6.07) is 8.25. The van der Waals surface area contributed by atoms with Crippen molar-refractivity contribution in [3.8, 4) is 11.3 Å². The molecule has 2 N–H and O–H groups in total. The summed E-state index contributed by atoms with van der Waals surface area (Å²) in [4.78, 5) is 24.7. The van der Waals surface area contributed by atoms with Crippen LogP contribution in [0.15, 0.2) is 66.1 Å². The van der Waals surface area contributed by atoms with Gasteiger partial charge in [0.1, 0.15) is 18.4 Å². The van der Waals surface area contributed by atoms with E-state index >= 15 is 0 Å². The van der Waals surface area contributed by atoms with Gasteiger partial charge >= 0.3 is 6.18 Å². The molecule has 14 heteroatoms. The molecule has 0 fully saturated rings. The van der Waals surface area contributed by atoms with Gasteiger partial charge in [0.25, 0.3) is 10.0 Å². The summed E-state index contributed by atoms with van der Waals surface area (Å²) in [5.74, 6) is -0.801. The van der Waals surface area contributed by atoms with Crippen molar-refractivity contribution in [2.45, 2.75) is 24.0 Å². The van der Waals surface area contributed by atoms with Gasteiger partial charge < -0.3 is 10.6 Å². The highest BCUT2D eigenvalue weighted by Crippen LogP contribution is 2.32. The van der Waals surface area contributed by atoms with Crippen LogP contribution in [-0.4, -0.2) is 52.0 Å². The van der Waals surface area contributed by atoms with Crippen LogP contribution in [0.2, 0.25) is 5.02 Å². The molecule has 4 aromatic rings. The van der Waals surface area contributed by atoms with Crippen LogP contribution in [0.1, 0.15) is 6.92 Å². The number of hydrogen-bond donors (Lipinski definition) is 2. The quantitative estimate of drug-likeness (QED) is 0.367. The Balaban J connectivity index is 1.71. The molecule has 9 nitrogen and oxygen atoms in total. The second-order valence-electron chi connectivity index (χ2n) is 7.67. The minimum absolute atomic E-state index is 0.0467. The lowest BCUT2D eigenvalue weighted by Crippen LogP contribution is -2.42. The highest BCUT2D eigenvalue weighted by Gasteiger charge is 2.29. The van der Waals surface area contributed by atoms with Crippen LogP contribution in [0.5, 0.6) is 0 Å². The fourth-order valence-corrected chi connectivity index (χ4v) is 4.84. The first kappa shape index (κ1) is 25.4. The van der Waals surface area contributed by atoms with E-state index in [0.29, 0.717) is 10.9 Å². The largest absolute Gasteiger partial charge is 0.405 e. The molecule has 0 aliphatic rings. The van der Waals surface area contributed by atoms with E-state index in [1.54, 1.807) is 23.5 Å². The van der Waals surface area contributed by atoms with Gasteiger partial charge in [-0.05, 0) is 25.1 Å². The van der Waals surface area contributed by atoms with Crippen LogP contribution in [0.25, 0.3) is 22.3 Å². The molecule has 0 saturated carbocycles. The topological polar surface area (TPSA) is 119 Å². The van der Waals surface area contributed by atoms with Crippen molar-refractivity contribution in [3.05, 3.63) is 66.2 Å². The Labute approximate surface area is 208 Å². The molecule has 0 spiro atoms. The average Bonchev–Trinajstić information content (AvgIpc) is 3.22. The van der Waals surface area contributed by atoms with Crippen LogP contribution < -0.4 is 10.6 Å². The van der Waals surface area contributed by atoms with Crippen LogP contribution >= 0.6 is 11.6 Å². The number of fused-ring (bicyclic) bond motifs is 1. The Kier molecular flexibility index (Phi) is 6.87. The van der Waals surface area contributed by atoms with Gasteiger partial charge in [-0.15, -0.1) is 0 Å². The van der Waals surface area contributed by atoms with Crippen molar-refractivity contribution in [1.29, 1.82) is 0 Å². The van der Waals surface area contributed by atoms with Crippen molar-refractivity contribution in [1.82, 2.24) is 24.2 Å². The number of halogens is 4. The molecule has 3 heterocycles. The van der Waals surface area contributed by atoms with Gasteiger partial charge in [0.15, 0.2) is 5.65 Å². The summed E-state index contributed by atoms with van der Waals surface area (Å²) in [7, 11) is -4.02. The molecule has 0 bridgehead atoms. The summed E-state index contributed by atoms with van der Waals surface area (Å²) in [6.45, 7) is -0.102. The molecule has 0 aliphatic heterocycles. The maximum Gasteiger partial charge on any atom is 0.405 e. The average molecular weight is 539 g/mol. The number of carbonyl (C=O) groups excluding carboxylic acids is 1. The number of aromatic nitrogens is 4. The smallest absolute Gasteiger partial charge is 0.357 e. The fraction of sp³-hybridized carbons (Fsp3) is 0.182. The lowest BCUT2D eigenvalue weighted by atomic mass is 10.1. The highest BCUT2D eigenvalue weighted by molar-refractivity contribution is 7.90. The normalized spacial score (nSPS) is 12.9. The first-order valence-corrected chi connectivity index (χ1v) is 12.2. The van der Waals surface area contributed by atoms with Crippen LogP contribution in [-0.2, 0) is 14.8 Å². The zero-order valence-corrected chi connectivity index (χ0v) is 20.1. The predicted octanol–water partition coefficient (Wildman–Crippen LogP) is 3.86. The molecule has 4 rings (SSSR count). The number of anilines is 1. The maximum atomic E-state index is 13.3. The zero-order valence-electron chi connectivity index (χ0n) is 18.5. The van der Waals surface area contributed by atoms with Gasteiger partial charge in [-0.3, -0.25) is 9.78 Å². The van der Waals surface area contributed by atoms with Crippen molar-refractivity contribution in [2.75, 3.05) is 11.9 Å². The molecule has 1 amide bonds. The number of hydrogen-bond acceptors (Lipinski definition) is 7. The molecule has 36 heavy (non-hydrogen) atoms. The Bertz CT molecular complexity index is 1530. The second-order valence-corrected chi connectivity index (χ2v) is 9.92. The first-order valence-electron chi connectivity index (χ1n) is 10.4. The fourth-order valence-electron chi connectivity index (χ4n) is 3.34. The second kappa shape index (κ2) is 9.74. The van der Waals surface area contributed by atoms with E-state index in [9.17, 15) is 26.4 Å². The summed E-state index contributed by atoms with van der Waals surface area (Å²) < 4.78 is 64.8. The lowest BCUT2D eigenvalue weighted by Gasteiger charge is -2.15. The van der Waals surface area contributed by atoms with E-state index in [1.807, 2.05) is 0 Å². The number of pyridine rings is 1.